The molecular formula is C21H23F3N4O2. The SMILES string of the molecule is CC(NC(=O)N1CCN(Cc2ccccc2)CC1)C(=O)Nc1cc(F)c(F)c(F)c1. The summed E-state index contributed by atoms with van der Waals surface area (Å²) < 4.78 is 39.5. The number of urea groups is 1. The summed E-state index contributed by atoms with van der Waals surface area (Å²) in [6.45, 7) is 4.70. The van der Waals surface area contributed by atoms with Crippen LogP contribution in [0.25, 0.3) is 0 Å². The van der Waals surface area contributed by atoms with Gasteiger partial charge in [0.05, 0.1) is 0 Å². The summed E-state index contributed by atoms with van der Waals surface area (Å²) in [5, 5.41) is 4.84. The van der Waals surface area contributed by atoms with E-state index in [2.05, 4.69) is 27.7 Å². The Morgan fingerprint density at radius 2 is 1.60 bits per heavy atom. The predicted octanol–water partition coefficient (Wildman–Crippen LogP) is 2.96. The second-order valence-corrected chi connectivity index (χ2v) is 7.16. The van der Waals surface area contributed by atoms with Gasteiger partial charge in [-0.3, -0.25) is 9.69 Å². The highest BCUT2D eigenvalue weighted by atomic mass is 19.2. The van der Waals surface area contributed by atoms with Gasteiger partial charge in [0.15, 0.2) is 17.5 Å². The standard InChI is InChI=1S/C21H23F3N4O2/c1-14(20(29)26-16-11-17(22)19(24)18(23)12-16)25-21(30)28-9-7-27(8-10-28)13-15-5-3-2-4-6-15/h2-6,11-12,14H,7-10,13H2,1H3,(H,25,30)(H,26,29). The number of hydrogen-bond donors (Lipinski definition) is 2. The van der Waals surface area contributed by atoms with Crippen LogP contribution in [0, 0.1) is 17.5 Å². The van der Waals surface area contributed by atoms with E-state index in [0.717, 1.165) is 6.54 Å². The molecule has 1 heterocycles. The van der Waals surface area contributed by atoms with Crippen molar-refractivity contribution in [2.45, 2.75) is 19.5 Å². The monoisotopic (exact) mass is 420 g/mol. The summed E-state index contributed by atoms with van der Waals surface area (Å²) >= 11 is 0. The van der Waals surface area contributed by atoms with Crippen LogP contribution >= 0.6 is 0 Å². The van der Waals surface area contributed by atoms with Gasteiger partial charge in [-0.1, -0.05) is 30.3 Å². The minimum absolute atomic E-state index is 0.230. The summed E-state index contributed by atoms with van der Waals surface area (Å²) in [4.78, 5) is 28.5. The molecule has 2 N–H and O–H groups in total. The van der Waals surface area contributed by atoms with E-state index in [1.165, 1.54) is 12.5 Å². The van der Waals surface area contributed by atoms with Gasteiger partial charge in [-0.2, -0.15) is 0 Å². The summed E-state index contributed by atoms with van der Waals surface area (Å²) in [7, 11) is 0. The number of carbonyl (C=O) groups excluding carboxylic acids is 2. The number of nitrogens with zero attached hydrogens (tertiary/aromatic N) is 2. The zero-order valence-electron chi connectivity index (χ0n) is 16.5. The summed E-state index contributed by atoms with van der Waals surface area (Å²) in [6, 6.07) is 10.1. The molecule has 1 aliphatic heterocycles. The zero-order valence-corrected chi connectivity index (χ0v) is 16.5. The minimum Gasteiger partial charge on any atom is -0.326 e. The number of rotatable bonds is 5. The van der Waals surface area contributed by atoms with Crippen molar-refractivity contribution in [3.05, 3.63) is 65.5 Å². The lowest BCUT2D eigenvalue weighted by atomic mass is 10.2. The summed E-state index contributed by atoms with van der Waals surface area (Å²) in [6.07, 6.45) is 0. The summed E-state index contributed by atoms with van der Waals surface area (Å²) in [5.74, 6) is -5.09. The van der Waals surface area contributed by atoms with E-state index in [0.29, 0.717) is 38.3 Å². The molecule has 1 fully saturated rings. The molecule has 1 aliphatic rings. The van der Waals surface area contributed by atoms with Crippen molar-refractivity contribution in [3.8, 4) is 0 Å². The lowest BCUT2D eigenvalue weighted by Crippen LogP contribution is -2.54. The van der Waals surface area contributed by atoms with Crippen molar-refractivity contribution in [2.24, 2.45) is 0 Å². The fourth-order valence-electron chi connectivity index (χ4n) is 3.17. The smallest absolute Gasteiger partial charge is 0.318 e. The van der Waals surface area contributed by atoms with Crippen molar-refractivity contribution in [1.82, 2.24) is 15.1 Å². The number of nitrogens with one attached hydrogen (secondary N) is 2. The first-order valence-electron chi connectivity index (χ1n) is 9.60. The molecule has 0 bridgehead atoms. The van der Waals surface area contributed by atoms with Crippen LogP contribution < -0.4 is 10.6 Å². The van der Waals surface area contributed by atoms with Crippen molar-refractivity contribution in [3.63, 3.8) is 0 Å². The molecule has 1 saturated heterocycles. The van der Waals surface area contributed by atoms with E-state index in [9.17, 15) is 22.8 Å². The quantitative estimate of drug-likeness (QED) is 0.731. The third kappa shape index (κ3) is 5.50. The van der Waals surface area contributed by atoms with Gasteiger partial charge in [0, 0.05) is 50.5 Å². The number of benzene rings is 2. The molecule has 0 radical (unpaired) electrons. The molecule has 2 aromatic carbocycles. The molecule has 9 heteroatoms. The maximum atomic E-state index is 13.3. The molecule has 6 nitrogen and oxygen atoms in total. The lowest BCUT2D eigenvalue weighted by molar-refractivity contribution is -0.117. The second-order valence-electron chi connectivity index (χ2n) is 7.16. The van der Waals surface area contributed by atoms with Gasteiger partial charge in [0.1, 0.15) is 6.04 Å². The minimum atomic E-state index is -1.61. The maximum absolute atomic E-state index is 13.3. The average Bonchev–Trinajstić information content (AvgIpc) is 2.73. The molecule has 0 saturated carbocycles. The first-order chi connectivity index (χ1) is 14.3. The van der Waals surface area contributed by atoms with Gasteiger partial charge < -0.3 is 15.5 Å². The van der Waals surface area contributed by atoms with E-state index in [4.69, 9.17) is 0 Å². The first-order valence-corrected chi connectivity index (χ1v) is 9.60. The van der Waals surface area contributed by atoms with Gasteiger partial charge in [0.2, 0.25) is 5.91 Å². The van der Waals surface area contributed by atoms with E-state index < -0.39 is 35.4 Å². The Labute approximate surface area is 172 Å². The van der Waals surface area contributed by atoms with Crippen LogP contribution in [0.1, 0.15) is 12.5 Å². The number of hydrogen-bond acceptors (Lipinski definition) is 3. The molecular weight excluding hydrogens is 397 g/mol. The van der Waals surface area contributed by atoms with Crippen molar-refractivity contribution in [2.75, 3.05) is 31.5 Å². The molecule has 30 heavy (non-hydrogen) atoms. The molecule has 160 valence electrons. The van der Waals surface area contributed by atoms with Crippen molar-refractivity contribution >= 4 is 17.6 Å². The molecule has 2 aromatic rings. The number of amides is 3. The molecule has 3 rings (SSSR count). The van der Waals surface area contributed by atoms with Crippen LogP contribution in [0.5, 0.6) is 0 Å². The fraction of sp³-hybridized carbons (Fsp3) is 0.333. The molecule has 1 atom stereocenters. The number of halogens is 3. The van der Waals surface area contributed by atoms with Crippen LogP contribution in [0.15, 0.2) is 42.5 Å². The highest BCUT2D eigenvalue weighted by Gasteiger charge is 2.24. The highest BCUT2D eigenvalue weighted by Crippen LogP contribution is 2.17. The Hall–Kier alpha value is -3.07. The first kappa shape index (κ1) is 21.6. The fourth-order valence-corrected chi connectivity index (χ4v) is 3.17. The number of anilines is 1. The Kier molecular flexibility index (Phi) is 6.94. The number of carbonyl (C=O) groups is 2. The van der Waals surface area contributed by atoms with Gasteiger partial charge >= 0.3 is 6.03 Å². The van der Waals surface area contributed by atoms with Gasteiger partial charge in [-0.25, -0.2) is 18.0 Å². The largest absolute Gasteiger partial charge is 0.326 e. The Balaban J connectivity index is 1.47. The molecule has 1 unspecified atom stereocenters. The van der Waals surface area contributed by atoms with Crippen LogP contribution in [0.4, 0.5) is 23.7 Å². The molecule has 0 aliphatic carbocycles. The van der Waals surface area contributed by atoms with Crippen LogP contribution in [0.3, 0.4) is 0 Å². The van der Waals surface area contributed by atoms with E-state index in [1.807, 2.05) is 18.2 Å². The molecule has 3 amide bonds. The highest BCUT2D eigenvalue weighted by molar-refractivity contribution is 5.96. The van der Waals surface area contributed by atoms with Crippen LogP contribution in [-0.4, -0.2) is 54.0 Å². The molecule has 0 aromatic heterocycles. The Morgan fingerprint density at radius 1 is 1.00 bits per heavy atom. The maximum Gasteiger partial charge on any atom is 0.318 e. The lowest BCUT2D eigenvalue weighted by Gasteiger charge is -2.35. The topological polar surface area (TPSA) is 64.7 Å². The zero-order chi connectivity index (χ0) is 21.7. The van der Waals surface area contributed by atoms with E-state index in [1.54, 1.807) is 4.90 Å². The van der Waals surface area contributed by atoms with Gasteiger partial charge in [0.25, 0.3) is 0 Å². The third-order valence-electron chi connectivity index (χ3n) is 4.89. The second kappa shape index (κ2) is 9.62. The average molecular weight is 420 g/mol. The van der Waals surface area contributed by atoms with Crippen molar-refractivity contribution < 1.29 is 22.8 Å². The van der Waals surface area contributed by atoms with Crippen LogP contribution in [-0.2, 0) is 11.3 Å². The number of piperazine rings is 1. The van der Waals surface area contributed by atoms with Crippen molar-refractivity contribution in [1.29, 1.82) is 0 Å². The Morgan fingerprint density at radius 3 is 2.20 bits per heavy atom. The van der Waals surface area contributed by atoms with E-state index >= 15 is 0 Å². The predicted molar refractivity (Wildman–Crippen MR) is 106 cm³/mol. The van der Waals surface area contributed by atoms with Gasteiger partial charge in [-0.05, 0) is 12.5 Å². The third-order valence-corrected chi connectivity index (χ3v) is 4.89. The molecule has 0 spiro atoms. The van der Waals surface area contributed by atoms with E-state index in [-0.39, 0.29) is 5.69 Å². The normalized spacial score (nSPS) is 15.5. The van der Waals surface area contributed by atoms with Crippen LogP contribution in [0.2, 0.25) is 0 Å². The Bertz CT molecular complexity index is 879. The van der Waals surface area contributed by atoms with Gasteiger partial charge in [-0.15, -0.1) is 0 Å². The summed E-state index contributed by atoms with van der Waals surface area (Å²) in [5.41, 5.74) is 0.974.